The quantitative estimate of drug-likeness (QED) is 0.850. The van der Waals surface area contributed by atoms with Crippen LogP contribution in [0.3, 0.4) is 0 Å². The smallest absolute Gasteiger partial charge is 0.240 e. The average Bonchev–Trinajstić information content (AvgIpc) is 2.28. The van der Waals surface area contributed by atoms with Crippen molar-refractivity contribution < 1.29 is 4.79 Å². The van der Waals surface area contributed by atoms with Crippen molar-refractivity contribution in [1.82, 2.24) is 20.2 Å². The van der Waals surface area contributed by atoms with Crippen LogP contribution >= 0.6 is 11.6 Å². The zero-order chi connectivity index (χ0) is 12.5. The van der Waals surface area contributed by atoms with E-state index in [4.69, 9.17) is 11.6 Å². The van der Waals surface area contributed by atoms with Crippen molar-refractivity contribution in [3.63, 3.8) is 0 Å². The van der Waals surface area contributed by atoms with Crippen LogP contribution in [0, 0.1) is 0 Å². The van der Waals surface area contributed by atoms with Crippen molar-refractivity contribution in [2.24, 2.45) is 0 Å². The van der Waals surface area contributed by atoms with E-state index in [2.05, 4.69) is 20.2 Å². The Morgan fingerprint density at radius 2 is 2.24 bits per heavy atom. The summed E-state index contributed by atoms with van der Waals surface area (Å²) in [5.41, 5.74) is 0.303. The third-order valence-electron chi connectivity index (χ3n) is 3.04. The maximum absolute atomic E-state index is 11.8. The van der Waals surface area contributed by atoms with Crippen LogP contribution in [0.15, 0.2) is 12.4 Å². The Labute approximate surface area is 105 Å². The van der Waals surface area contributed by atoms with Crippen molar-refractivity contribution in [2.75, 3.05) is 13.1 Å². The molecular formula is C11H15ClN4O. The molecule has 0 aliphatic carbocycles. The standard InChI is InChI=1S/C11H15ClN4O/c1-11(2)10(17)13-3-4-16(11)7-8-5-15-9(12)6-14-8/h5-6H,3-4,7H2,1-2H3,(H,13,17). The summed E-state index contributed by atoms with van der Waals surface area (Å²) in [6, 6.07) is 0. The van der Waals surface area contributed by atoms with E-state index in [-0.39, 0.29) is 5.91 Å². The SMILES string of the molecule is CC1(C)C(=O)NCCN1Cc1cnc(Cl)cn1. The zero-order valence-electron chi connectivity index (χ0n) is 9.90. The maximum atomic E-state index is 11.8. The number of halogens is 1. The van der Waals surface area contributed by atoms with Crippen molar-refractivity contribution in [2.45, 2.75) is 25.9 Å². The van der Waals surface area contributed by atoms with E-state index >= 15 is 0 Å². The highest BCUT2D eigenvalue weighted by Crippen LogP contribution is 2.19. The molecule has 17 heavy (non-hydrogen) atoms. The third-order valence-corrected chi connectivity index (χ3v) is 3.24. The largest absolute Gasteiger partial charge is 0.353 e. The highest BCUT2D eigenvalue weighted by atomic mass is 35.5. The Hall–Kier alpha value is -1.20. The van der Waals surface area contributed by atoms with Crippen LogP contribution in [0.1, 0.15) is 19.5 Å². The summed E-state index contributed by atoms with van der Waals surface area (Å²) in [7, 11) is 0. The molecule has 6 heteroatoms. The number of aromatic nitrogens is 2. The molecule has 1 aromatic rings. The second-order valence-electron chi connectivity index (χ2n) is 4.57. The summed E-state index contributed by atoms with van der Waals surface area (Å²) >= 11 is 5.68. The predicted octanol–water partition coefficient (Wildman–Crippen LogP) is 0.840. The second-order valence-corrected chi connectivity index (χ2v) is 4.95. The Morgan fingerprint density at radius 1 is 1.47 bits per heavy atom. The van der Waals surface area contributed by atoms with E-state index in [0.29, 0.717) is 18.2 Å². The molecular weight excluding hydrogens is 240 g/mol. The zero-order valence-corrected chi connectivity index (χ0v) is 10.7. The Morgan fingerprint density at radius 3 is 2.88 bits per heavy atom. The number of hydrogen-bond acceptors (Lipinski definition) is 4. The molecule has 2 heterocycles. The normalized spacial score (nSPS) is 20.1. The highest BCUT2D eigenvalue weighted by molar-refractivity contribution is 6.29. The number of hydrogen-bond donors (Lipinski definition) is 1. The summed E-state index contributed by atoms with van der Waals surface area (Å²) in [5, 5.41) is 3.24. The van der Waals surface area contributed by atoms with Crippen LogP contribution in [-0.2, 0) is 11.3 Å². The minimum absolute atomic E-state index is 0.0469. The lowest BCUT2D eigenvalue weighted by molar-refractivity contribution is -0.135. The molecule has 1 N–H and O–H groups in total. The number of amides is 1. The molecule has 1 saturated heterocycles. The molecule has 0 radical (unpaired) electrons. The molecule has 0 unspecified atom stereocenters. The van der Waals surface area contributed by atoms with Gasteiger partial charge in [0.25, 0.3) is 0 Å². The van der Waals surface area contributed by atoms with Gasteiger partial charge < -0.3 is 5.32 Å². The average molecular weight is 255 g/mol. The fourth-order valence-corrected chi connectivity index (χ4v) is 1.93. The second kappa shape index (κ2) is 4.58. The van der Waals surface area contributed by atoms with Gasteiger partial charge in [0.2, 0.25) is 5.91 Å². The molecule has 0 bridgehead atoms. The lowest BCUT2D eigenvalue weighted by Gasteiger charge is -2.40. The first-order valence-corrected chi connectivity index (χ1v) is 5.88. The van der Waals surface area contributed by atoms with Crippen LogP contribution in [0.25, 0.3) is 0 Å². The molecule has 0 aromatic carbocycles. The van der Waals surface area contributed by atoms with Gasteiger partial charge in [-0.3, -0.25) is 14.7 Å². The molecule has 1 fully saturated rings. The summed E-state index contributed by atoms with van der Waals surface area (Å²) in [6.45, 7) is 5.90. The van der Waals surface area contributed by atoms with Gasteiger partial charge in [-0.15, -0.1) is 0 Å². The van der Waals surface area contributed by atoms with Crippen molar-refractivity contribution in [3.05, 3.63) is 23.2 Å². The van der Waals surface area contributed by atoms with Crippen LogP contribution in [0.5, 0.6) is 0 Å². The molecule has 1 amide bonds. The Balaban J connectivity index is 2.12. The van der Waals surface area contributed by atoms with Crippen LogP contribution < -0.4 is 5.32 Å². The Kier molecular flexibility index (Phi) is 3.31. The number of carbonyl (C=O) groups excluding carboxylic acids is 1. The first kappa shape index (κ1) is 12.3. The van der Waals surface area contributed by atoms with Crippen molar-refractivity contribution >= 4 is 17.5 Å². The fraction of sp³-hybridized carbons (Fsp3) is 0.545. The number of carbonyl (C=O) groups is 1. The van der Waals surface area contributed by atoms with Crippen molar-refractivity contribution in [1.29, 1.82) is 0 Å². The number of piperazine rings is 1. The molecule has 0 atom stereocenters. The Bertz CT molecular complexity index is 418. The van der Waals surface area contributed by atoms with E-state index in [1.54, 1.807) is 6.20 Å². The van der Waals surface area contributed by atoms with E-state index in [1.807, 2.05) is 13.8 Å². The minimum Gasteiger partial charge on any atom is -0.353 e. The molecule has 0 spiro atoms. The first-order chi connectivity index (χ1) is 8.00. The van der Waals surface area contributed by atoms with Gasteiger partial charge in [0.1, 0.15) is 5.15 Å². The molecule has 0 saturated carbocycles. The number of nitrogens with zero attached hydrogens (tertiary/aromatic N) is 3. The van der Waals surface area contributed by atoms with Gasteiger partial charge in [-0.05, 0) is 13.8 Å². The summed E-state index contributed by atoms with van der Waals surface area (Å²) < 4.78 is 0. The van der Waals surface area contributed by atoms with Gasteiger partial charge in [-0.25, -0.2) is 4.98 Å². The number of nitrogens with one attached hydrogen (secondary N) is 1. The van der Waals surface area contributed by atoms with E-state index < -0.39 is 5.54 Å². The molecule has 5 nitrogen and oxygen atoms in total. The molecule has 2 rings (SSSR count). The van der Waals surface area contributed by atoms with Gasteiger partial charge in [-0.1, -0.05) is 11.6 Å². The summed E-state index contributed by atoms with van der Waals surface area (Å²) in [4.78, 5) is 22.0. The van der Waals surface area contributed by atoms with Gasteiger partial charge in [-0.2, -0.15) is 0 Å². The van der Waals surface area contributed by atoms with Crippen LogP contribution in [-0.4, -0.2) is 39.4 Å². The van der Waals surface area contributed by atoms with Gasteiger partial charge >= 0.3 is 0 Å². The van der Waals surface area contributed by atoms with Crippen LogP contribution in [0.2, 0.25) is 5.15 Å². The monoisotopic (exact) mass is 254 g/mol. The maximum Gasteiger partial charge on any atom is 0.240 e. The third kappa shape index (κ3) is 2.56. The fourth-order valence-electron chi connectivity index (χ4n) is 1.84. The molecule has 1 aliphatic rings. The van der Waals surface area contributed by atoms with Crippen molar-refractivity contribution in [3.8, 4) is 0 Å². The lowest BCUT2D eigenvalue weighted by Crippen LogP contribution is -2.61. The first-order valence-electron chi connectivity index (χ1n) is 5.50. The summed E-state index contributed by atoms with van der Waals surface area (Å²) in [5.74, 6) is 0.0469. The van der Waals surface area contributed by atoms with Gasteiger partial charge in [0.05, 0.1) is 23.6 Å². The highest BCUT2D eigenvalue weighted by Gasteiger charge is 2.37. The molecule has 1 aromatic heterocycles. The van der Waals surface area contributed by atoms with Crippen LogP contribution in [0.4, 0.5) is 0 Å². The number of rotatable bonds is 2. The minimum atomic E-state index is -0.514. The molecule has 92 valence electrons. The lowest BCUT2D eigenvalue weighted by atomic mass is 9.99. The van der Waals surface area contributed by atoms with E-state index in [0.717, 1.165) is 12.2 Å². The predicted molar refractivity (Wildman–Crippen MR) is 64.5 cm³/mol. The molecule has 1 aliphatic heterocycles. The van der Waals surface area contributed by atoms with Gasteiger partial charge in [0, 0.05) is 19.6 Å². The summed E-state index contributed by atoms with van der Waals surface area (Å²) in [6.07, 6.45) is 3.17. The van der Waals surface area contributed by atoms with Gasteiger partial charge in [0.15, 0.2) is 0 Å². The van der Waals surface area contributed by atoms with E-state index in [1.165, 1.54) is 6.20 Å². The van der Waals surface area contributed by atoms with E-state index in [9.17, 15) is 4.79 Å². The topological polar surface area (TPSA) is 58.1 Å².